The first-order chi connectivity index (χ1) is 8.58. The number of hydrogen-bond acceptors (Lipinski definition) is 2. The molecule has 0 aliphatic rings. The smallest absolute Gasteiger partial charge is 0.0589 e. The largest absolute Gasteiger partial charge is 0.293 e. The van der Waals surface area contributed by atoms with Crippen LogP contribution in [0.4, 0.5) is 0 Å². The van der Waals surface area contributed by atoms with E-state index in [0.29, 0.717) is 10.4 Å². The van der Waals surface area contributed by atoms with E-state index < -0.39 is 0 Å². The van der Waals surface area contributed by atoms with Crippen LogP contribution in [-0.4, -0.2) is 22.0 Å². The molecule has 108 valence electrons. The first-order valence-corrected chi connectivity index (χ1v) is 7.31. The van der Waals surface area contributed by atoms with Gasteiger partial charge in [-0.25, -0.2) is 0 Å². The molecule has 1 aromatic heterocycles. The molecule has 3 heteroatoms. The van der Waals surface area contributed by atoms with E-state index in [9.17, 15) is 0 Å². The van der Waals surface area contributed by atoms with Gasteiger partial charge in [-0.15, -0.1) is 0 Å². The molecule has 0 amide bonds. The zero-order chi connectivity index (χ0) is 14.7. The topological polar surface area (TPSA) is 16.1 Å². The molecule has 0 N–H and O–H groups in total. The Kier molecular flexibility index (Phi) is 5.40. The molecule has 0 unspecified atom stereocenters. The van der Waals surface area contributed by atoms with Crippen LogP contribution in [0.5, 0.6) is 0 Å². The van der Waals surface area contributed by atoms with E-state index in [-0.39, 0.29) is 5.54 Å². The minimum atomic E-state index is 0.145. The van der Waals surface area contributed by atoms with Crippen molar-refractivity contribution < 1.29 is 0 Å². The predicted molar refractivity (Wildman–Crippen MR) is 83.5 cm³/mol. The number of nitrogens with zero attached hydrogens (tertiary/aromatic N) is 2. The summed E-state index contributed by atoms with van der Waals surface area (Å²) in [5.74, 6) is 0. The van der Waals surface area contributed by atoms with Crippen LogP contribution >= 0.6 is 11.6 Å². The number of pyridine rings is 1. The van der Waals surface area contributed by atoms with Crippen molar-refractivity contribution in [1.29, 1.82) is 0 Å². The molecule has 1 heterocycles. The summed E-state index contributed by atoms with van der Waals surface area (Å²) in [7, 11) is 0. The van der Waals surface area contributed by atoms with Crippen molar-refractivity contribution in [3.05, 3.63) is 29.0 Å². The lowest BCUT2D eigenvalue weighted by atomic mass is 9.91. The fourth-order valence-electron chi connectivity index (χ4n) is 1.82. The van der Waals surface area contributed by atoms with Crippen molar-refractivity contribution >= 4 is 11.6 Å². The van der Waals surface area contributed by atoms with Gasteiger partial charge in [-0.1, -0.05) is 32.4 Å². The molecule has 0 aliphatic heterocycles. The highest BCUT2D eigenvalue weighted by atomic mass is 35.5. The molecular weight excluding hydrogens is 256 g/mol. The zero-order valence-electron chi connectivity index (χ0n) is 13.1. The summed E-state index contributed by atoms with van der Waals surface area (Å²) >= 11 is 5.88. The van der Waals surface area contributed by atoms with E-state index in [0.717, 1.165) is 18.8 Å². The maximum Gasteiger partial charge on any atom is 0.0589 e. The highest BCUT2D eigenvalue weighted by Gasteiger charge is 2.23. The Morgan fingerprint density at radius 3 is 2.16 bits per heavy atom. The summed E-state index contributed by atoms with van der Waals surface area (Å²) in [5, 5.41) is 0.695. The summed E-state index contributed by atoms with van der Waals surface area (Å²) in [6.45, 7) is 15.6. The zero-order valence-corrected chi connectivity index (χ0v) is 13.9. The second kappa shape index (κ2) is 6.23. The van der Waals surface area contributed by atoms with E-state index in [1.54, 1.807) is 6.20 Å². The number of rotatable bonds is 4. The lowest BCUT2D eigenvalue weighted by Gasteiger charge is -2.37. The monoisotopic (exact) mass is 282 g/mol. The fraction of sp³-hybridized carbons (Fsp3) is 0.688. The van der Waals surface area contributed by atoms with E-state index in [4.69, 9.17) is 11.6 Å². The predicted octanol–water partition coefficient (Wildman–Crippen LogP) is 4.77. The lowest BCUT2D eigenvalue weighted by molar-refractivity contribution is 0.109. The third kappa shape index (κ3) is 6.40. The highest BCUT2D eigenvalue weighted by Crippen LogP contribution is 2.23. The summed E-state index contributed by atoms with van der Waals surface area (Å²) in [4.78, 5) is 6.88. The van der Waals surface area contributed by atoms with E-state index in [1.165, 1.54) is 6.42 Å². The number of hydrogen-bond donors (Lipinski definition) is 0. The van der Waals surface area contributed by atoms with Crippen LogP contribution in [0.1, 0.15) is 53.7 Å². The Labute approximate surface area is 123 Å². The molecule has 1 aromatic rings. The Morgan fingerprint density at radius 1 is 1.11 bits per heavy atom. The minimum Gasteiger partial charge on any atom is -0.293 e. The quantitative estimate of drug-likeness (QED) is 0.791. The van der Waals surface area contributed by atoms with Gasteiger partial charge >= 0.3 is 0 Å². The molecule has 0 bridgehead atoms. The van der Waals surface area contributed by atoms with Crippen molar-refractivity contribution in [3.63, 3.8) is 0 Å². The summed E-state index contributed by atoms with van der Waals surface area (Å²) < 4.78 is 0. The standard InChI is InChI=1S/C16H27ClN2/c1-15(2,3)9-10-19(16(4,5)6)12-14-8-7-13(17)11-18-14/h7-8,11H,9-10,12H2,1-6H3. The second-order valence-corrected chi connectivity index (χ2v) is 7.81. The normalized spacial score (nSPS) is 13.1. The van der Waals surface area contributed by atoms with Gasteiger partial charge in [0.25, 0.3) is 0 Å². The fourth-order valence-corrected chi connectivity index (χ4v) is 1.93. The maximum atomic E-state index is 5.88. The van der Waals surface area contributed by atoms with Gasteiger partial charge in [0.05, 0.1) is 10.7 Å². The molecule has 0 aliphatic carbocycles. The van der Waals surface area contributed by atoms with Gasteiger partial charge in [-0.05, 0) is 51.3 Å². The van der Waals surface area contributed by atoms with Gasteiger partial charge in [-0.3, -0.25) is 9.88 Å². The number of aromatic nitrogens is 1. The molecule has 0 fully saturated rings. The van der Waals surface area contributed by atoms with E-state index in [2.05, 4.69) is 51.4 Å². The van der Waals surface area contributed by atoms with Crippen molar-refractivity contribution in [2.24, 2.45) is 5.41 Å². The molecule has 0 atom stereocenters. The minimum absolute atomic E-state index is 0.145. The molecule has 0 saturated heterocycles. The third-order valence-corrected chi connectivity index (χ3v) is 3.45. The van der Waals surface area contributed by atoms with Crippen molar-refractivity contribution in [2.45, 2.75) is 60.0 Å². The summed E-state index contributed by atoms with van der Waals surface area (Å²) in [6.07, 6.45) is 2.90. The van der Waals surface area contributed by atoms with Crippen LogP contribution in [0.2, 0.25) is 5.02 Å². The molecule has 0 aromatic carbocycles. The molecule has 0 spiro atoms. The van der Waals surface area contributed by atoms with Crippen LogP contribution in [0.15, 0.2) is 18.3 Å². The number of halogens is 1. The van der Waals surface area contributed by atoms with Crippen LogP contribution in [0.25, 0.3) is 0 Å². The van der Waals surface area contributed by atoms with Gasteiger partial charge in [0.1, 0.15) is 0 Å². The average molecular weight is 283 g/mol. The molecule has 1 rings (SSSR count). The Hall–Kier alpha value is -0.600. The second-order valence-electron chi connectivity index (χ2n) is 7.37. The van der Waals surface area contributed by atoms with Crippen molar-refractivity contribution in [3.8, 4) is 0 Å². The molecule has 0 saturated carbocycles. The van der Waals surface area contributed by atoms with Gasteiger partial charge in [0.2, 0.25) is 0 Å². The van der Waals surface area contributed by atoms with Crippen LogP contribution < -0.4 is 0 Å². The van der Waals surface area contributed by atoms with Gasteiger partial charge in [0, 0.05) is 18.3 Å². The summed E-state index contributed by atoms with van der Waals surface area (Å²) in [6, 6.07) is 3.92. The van der Waals surface area contributed by atoms with Crippen LogP contribution in [-0.2, 0) is 6.54 Å². The van der Waals surface area contributed by atoms with Crippen molar-refractivity contribution in [1.82, 2.24) is 9.88 Å². The maximum absolute atomic E-state index is 5.88. The van der Waals surface area contributed by atoms with Gasteiger partial charge in [-0.2, -0.15) is 0 Å². The third-order valence-electron chi connectivity index (χ3n) is 3.22. The molecule has 0 radical (unpaired) electrons. The van der Waals surface area contributed by atoms with Crippen LogP contribution in [0, 0.1) is 5.41 Å². The van der Waals surface area contributed by atoms with Gasteiger partial charge < -0.3 is 0 Å². The highest BCUT2D eigenvalue weighted by molar-refractivity contribution is 6.30. The lowest BCUT2D eigenvalue weighted by Crippen LogP contribution is -2.42. The van der Waals surface area contributed by atoms with Gasteiger partial charge in [0.15, 0.2) is 0 Å². The molecule has 19 heavy (non-hydrogen) atoms. The SMILES string of the molecule is CC(C)(C)CCN(Cc1ccc(Cl)cn1)C(C)(C)C. The first-order valence-electron chi connectivity index (χ1n) is 6.93. The Balaban J connectivity index is 2.73. The van der Waals surface area contributed by atoms with E-state index in [1.807, 2.05) is 12.1 Å². The summed E-state index contributed by atoms with van der Waals surface area (Å²) in [5.41, 5.74) is 1.58. The molecule has 2 nitrogen and oxygen atoms in total. The first kappa shape index (κ1) is 16.5. The molecular formula is C16H27ClN2. The Morgan fingerprint density at radius 2 is 1.74 bits per heavy atom. The van der Waals surface area contributed by atoms with Crippen LogP contribution in [0.3, 0.4) is 0 Å². The van der Waals surface area contributed by atoms with E-state index >= 15 is 0 Å². The van der Waals surface area contributed by atoms with Crippen molar-refractivity contribution in [2.75, 3.05) is 6.54 Å². The Bertz CT molecular complexity index is 385. The average Bonchev–Trinajstić information content (AvgIpc) is 2.23.